The zero-order valence-electron chi connectivity index (χ0n) is 19.4. The summed E-state index contributed by atoms with van der Waals surface area (Å²) in [5.41, 5.74) is 1.51. The number of rotatable bonds is 10. The van der Waals surface area contributed by atoms with Crippen molar-refractivity contribution in [1.29, 1.82) is 0 Å². The van der Waals surface area contributed by atoms with Crippen LogP contribution in [0, 0.1) is 11.7 Å². The van der Waals surface area contributed by atoms with Gasteiger partial charge in [-0.15, -0.1) is 0 Å². The minimum absolute atomic E-state index is 0.176. The van der Waals surface area contributed by atoms with E-state index in [9.17, 15) is 14.0 Å². The van der Waals surface area contributed by atoms with E-state index in [2.05, 4.69) is 24.1 Å². The minimum atomic E-state index is -1.10. The number of nitrogens with zero attached hydrogens (tertiary/aromatic N) is 1. The number of ether oxygens (including phenoxy) is 2. The van der Waals surface area contributed by atoms with Crippen molar-refractivity contribution in [2.75, 3.05) is 36.6 Å². The first-order valence-electron chi connectivity index (χ1n) is 11.3. The average Bonchev–Trinajstić information content (AvgIpc) is 2.79. The van der Waals surface area contributed by atoms with Gasteiger partial charge in [0.1, 0.15) is 11.6 Å². The Kier molecular flexibility index (Phi) is 9.12. The molecule has 34 heavy (non-hydrogen) atoms. The number of nitrogens with one attached hydrogen (secondary N) is 1. The Morgan fingerprint density at radius 1 is 1.24 bits per heavy atom. The molecule has 184 valence electrons. The third-order valence-corrected chi connectivity index (χ3v) is 5.71. The molecule has 0 saturated carbocycles. The smallest absolute Gasteiger partial charge is 0.341 e. The zero-order chi connectivity index (χ0) is 24.7. The molecule has 0 spiro atoms. The first-order chi connectivity index (χ1) is 16.2. The fraction of sp³-hybridized carbons (Fsp3) is 0.440. The summed E-state index contributed by atoms with van der Waals surface area (Å²) in [6.45, 7) is 5.83. The lowest BCUT2D eigenvalue weighted by atomic mass is 10.0. The van der Waals surface area contributed by atoms with E-state index in [4.69, 9.17) is 26.2 Å². The molecule has 2 N–H and O–H groups in total. The minimum Gasteiger partial charge on any atom is -0.482 e. The van der Waals surface area contributed by atoms with E-state index in [0.717, 1.165) is 25.1 Å². The van der Waals surface area contributed by atoms with E-state index >= 15 is 0 Å². The number of carbonyl (C=O) groups is 2. The molecule has 0 aliphatic carbocycles. The number of carbonyl (C=O) groups excluding carboxylic acids is 1. The van der Waals surface area contributed by atoms with Gasteiger partial charge >= 0.3 is 5.97 Å². The predicted octanol–water partition coefficient (Wildman–Crippen LogP) is 4.77. The third kappa shape index (κ3) is 7.33. The topological polar surface area (TPSA) is 88.1 Å². The maximum absolute atomic E-state index is 14.2. The third-order valence-electron chi connectivity index (χ3n) is 5.47. The lowest BCUT2D eigenvalue weighted by Gasteiger charge is -2.38. The van der Waals surface area contributed by atoms with Crippen LogP contribution in [0.4, 0.5) is 15.8 Å². The predicted molar refractivity (Wildman–Crippen MR) is 129 cm³/mol. The number of benzene rings is 2. The van der Waals surface area contributed by atoms with E-state index in [1.54, 1.807) is 12.1 Å². The van der Waals surface area contributed by atoms with Gasteiger partial charge in [-0.25, -0.2) is 9.18 Å². The molecule has 1 aliphatic heterocycles. The van der Waals surface area contributed by atoms with Gasteiger partial charge in [0.2, 0.25) is 5.91 Å². The summed E-state index contributed by atoms with van der Waals surface area (Å²) in [5.74, 6) is -1.39. The second-order valence-corrected chi connectivity index (χ2v) is 9.15. The molecule has 0 unspecified atom stereocenters. The normalized spacial score (nSPS) is 14.1. The van der Waals surface area contributed by atoms with Crippen molar-refractivity contribution in [3.05, 3.63) is 52.8 Å². The molecule has 2 aromatic rings. The van der Waals surface area contributed by atoms with Gasteiger partial charge in [0.15, 0.2) is 6.61 Å². The first-order valence-corrected chi connectivity index (χ1v) is 11.7. The molecule has 9 heteroatoms. The molecule has 0 bridgehead atoms. The number of anilines is 2. The zero-order valence-corrected chi connectivity index (χ0v) is 20.1. The van der Waals surface area contributed by atoms with Gasteiger partial charge < -0.3 is 24.8 Å². The van der Waals surface area contributed by atoms with Crippen LogP contribution in [0.15, 0.2) is 36.4 Å². The highest BCUT2D eigenvalue weighted by molar-refractivity contribution is 6.30. The van der Waals surface area contributed by atoms with E-state index in [0.29, 0.717) is 30.6 Å². The van der Waals surface area contributed by atoms with Crippen LogP contribution in [-0.2, 0) is 20.7 Å². The molecule has 0 radical (unpaired) electrons. The highest BCUT2D eigenvalue weighted by atomic mass is 35.5. The van der Waals surface area contributed by atoms with E-state index in [1.807, 2.05) is 6.07 Å². The van der Waals surface area contributed by atoms with Gasteiger partial charge in [0.05, 0.1) is 17.8 Å². The molecular weight excluding hydrogens is 463 g/mol. The van der Waals surface area contributed by atoms with E-state index in [-0.39, 0.29) is 23.0 Å². The number of hydrogen-bond acceptors (Lipinski definition) is 5. The van der Waals surface area contributed by atoms with Crippen molar-refractivity contribution >= 4 is 34.9 Å². The van der Waals surface area contributed by atoms with Crippen LogP contribution < -0.4 is 15.0 Å². The molecule has 1 heterocycles. The van der Waals surface area contributed by atoms with Crippen LogP contribution in [0.1, 0.15) is 32.3 Å². The van der Waals surface area contributed by atoms with Gasteiger partial charge in [-0.3, -0.25) is 4.79 Å². The van der Waals surface area contributed by atoms with Crippen LogP contribution in [0.2, 0.25) is 5.02 Å². The molecule has 0 atom stereocenters. The van der Waals surface area contributed by atoms with Crippen LogP contribution in [0.5, 0.6) is 5.75 Å². The van der Waals surface area contributed by atoms with Crippen LogP contribution >= 0.6 is 11.6 Å². The Balaban J connectivity index is 1.90. The Morgan fingerprint density at radius 3 is 2.62 bits per heavy atom. The Bertz CT molecular complexity index is 1010. The quantitative estimate of drug-likeness (QED) is 0.497. The van der Waals surface area contributed by atoms with Crippen LogP contribution in [-0.4, -0.2) is 49.4 Å². The molecule has 1 amide bonds. The SMILES string of the molecule is CC(C)CN(c1ccc(OCC(=O)O)cc1NC(=O)Cc1ccc(Cl)cc1F)C1CCOCC1. The van der Waals surface area contributed by atoms with Gasteiger partial charge in [0, 0.05) is 36.9 Å². The highest BCUT2D eigenvalue weighted by Gasteiger charge is 2.25. The van der Waals surface area contributed by atoms with Crippen LogP contribution in [0.3, 0.4) is 0 Å². The maximum atomic E-state index is 14.2. The van der Waals surface area contributed by atoms with Crippen molar-refractivity contribution in [3.63, 3.8) is 0 Å². The first kappa shape index (κ1) is 25.8. The lowest BCUT2D eigenvalue weighted by molar-refractivity contribution is -0.139. The molecule has 1 saturated heterocycles. The van der Waals surface area contributed by atoms with Crippen molar-refractivity contribution in [2.24, 2.45) is 5.92 Å². The molecule has 1 aliphatic rings. The Hall–Kier alpha value is -2.84. The van der Waals surface area contributed by atoms with E-state index < -0.39 is 24.3 Å². The van der Waals surface area contributed by atoms with Gasteiger partial charge in [-0.2, -0.15) is 0 Å². The van der Waals surface area contributed by atoms with Gasteiger partial charge in [-0.1, -0.05) is 31.5 Å². The second kappa shape index (κ2) is 12.0. The maximum Gasteiger partial charge on any atom is 0.341 e. The summed E-state index contributed by atoms with van der Waals surface area (Å²) in [7, 11) is 0. The van der Waals surface area contributed by atoms with Crippen molar-refractivity contribution in [1.82, 2.24) is 0 Å². The summed E-state index contributed by atoms with van der Waals surface area (Å²) < 4.78 is 25.1. The van der Waals surface area contributed by atoms with Crippen LogP contribution in [0.25, 0.3) is 0 Å². The number of carboxylic acid groups (broad SMARTS) is 1. The lowest BCUT2D eigenvalue weighted by Crippen LogP contribution is -2.42. The number of hydrogen-bond donors (Lipinski definition) is 2. The number of carboxylic acids is 1. The molecular formula is C25H30ClFN2O5. The summed E-state index contributed by atoms with van der Waals surface area (Å²) >= 11 is 5.81. The number of halogens is 2. The Morgan fingerprint density at radius 2 is 1.97 bits per heavy atom. The van der Waals surface area contributed by atoms with Gasteiger partial charge in [-0.05, 0) is 48.6 Å². The number of amides is 1. The largest absolute Gasteiger partial charge is 0.482 e. The molecule has 1 fully saturated rings. The standard InChI is InChI=1S/C25H30ClFN2O5/c1-16(2)14-29(19-7-9-33-10-8-19)23-6-5-20(34-15-25(31)32)13-22(23)28-24(30)11-17-3-4-18(26)12-21(17)27/h3-6,12-13,16,19H,7-11,14-15H2,1-2H3,(H,28,30)(H,31,32). The van der Waals surface area contributed by atoms with E-state index in [1.165, 1.54) is 18.2 Å². The second-order valence-electron chi connectivity index (χ2n) is 8.71. The molecule has 3 rings (SSSR count). The summed E-state index contributed by atoms with van der Waals surface area (Å²) in [5, 5.41) is 12.1. The summed E-state index contributed by atoms with van der Waals surface area (Å²) in [4.78, 5) is 26.1. The monoisotopic (exact) mass is 492 g/mol. The summed E-state index contributed by atoms with van der Waals surface area (Å²) in [6.07, 6.45) is 1.53. The highest BCUT2D eigenvalue weighted by Crippen LogP contribution is 2.34. The number of aliphatic carboxylic acids is 1. The molecule has 7 nitrogen and oxygen atoms in total. The fourth-order valence-corrected chi connectivity index (χ4v) is 4.13. The summed E-state index contributed by atoms with van der Waals surface area (Å²) in [6, 6.07) is 9.55. The Labute approximate surface area is 203 Å². The van der Waals surface area contributed by atoms with Crippen molar-refractivity contribution in [2.45, 2.75) is 39.2 Å². The average molecular weight is 493 g/mol. The fourth-order valence-electron chi connectivity index (χ4n) is 3.97. The molecule has 0 aromatic heterocycles. The van der Waals surface area contributed by atoms with Crippen molar-refractivity contribution in [3.8, 4) is 5.75 Å². The van der Waals surface area contributed by atoms with Crippen molar-refractivity contribution < 1.29 is 28.6 Å². The van der Waals surface area contributed by atoms with Gasteiger partial charge in [0.25, 0.3) is 0 Å². The molecule has 2 aromatic carbocycles.